The van der Waals surface area contributed by atoms with Crippen LogP contribution in [0.2, 0.25) is 0 Å². The van der Waals surface area contributed by atoms with Crippen molar-refractivity contribution in [1.29, 1.82) is 0 Å². The molecule has 0 radical (unpaired) electrons. The molecule has 0 saturated heterocycles. The van der Waals surface area contributed by atoms with Crippen LogP contribution in [-0.2, 0) is 0 Å². The zero-order chi connectivity index (χ0) is 9.47. The van der Waals surface area contributed by atoms with Crippen LogP contribution in [0.4, 0.5) is 0 Å². The number of aliphatic hydroxyl groups is 1. The van der Waals surface area contributed by atoms with Crippen molar-refractivity contribution in [3.8, 4) is 0 Å². The average Bonchev–Trinajstić information content (AvgIpc) is 2.06. The summed E-state index contributed by atoms with van der Waals surface area (Å²) in [6.07, 6.45) is 9.65. The van der Waals surface area contributed by atoms with Gasteiger partial charge in [0.05, 0.1) is 6.10 Å². The molecule has 13 heavy (non-hydrogen) atoms. The van der Waals surface area contributed by atoms with Crippen LogP contribution in [0.25, 0.3) is 0 Å². The van der Waals surface area contributed by atoms with E-state index in [-0.39, 0.29) is 11.5 Å². The smallest absolute Gasteiger partial charge is 0.0756 e. The molecule has 1 heteroatoms. The van der Waals surface area contributed by atoms with E-state index >= 15 is 0 Å². The third kappa shape index (κ3) is 1.46. The van der Waals surface area contributed by atoms with Gasteiger partial charge in [-0.3, -0.25) is 0 Å². The van der Waals surface area contributed by atoms with Gasteiger partial charge >= 0.3 is 0 Å². The quantitative estimate of drug-likeness (QED) is 0.604. The minimum Gasteiger partial charge on any atom is -0.389 e. The van der Waals surface area contributed by atoms with Crippen LogP contribution in [0.15, 0.2) is 23.8 Å². The Morgan fingerprint density at radius 3 is 2.85 bits per heavy atom. The molecule has 2 aliphatic carbocycles. The van der Waals surface area contributed by atoms with Crippen molar-refractivity contribution >= 4 is 0 Å². The maximum Gasteiger partial charge on any atom is 0.0756 e. The van der Waals surface area contributed by atoms with Crippen LogP contribution in [-0.4, -0.2) is 11.2 Å². The minimum absolute atomic E-state index is 0.178. The van der Waals surface area contributed by atoms with Crippen molar-refractivity contribution in [2.75, 3.05) is 0 Å². The summed E-state index contributed by atoms with van der Waals surface area (Å²) in [7, 11) is 0. The highest BCUT2D eigenvalue weighted by molar-refractivity contribution is 5.29. The van der Waals surface area contributed by atoms with E-state index in [1.54, 1.807) is 0 Å². The summed E-state index contributed by atoms with van der Waals surface area (Å²) >= 11 is 0. The number of allylic oxidation sites excluding steroid dienone is 3. The number of rotatable bonds is 0. The van der Waals surface area contributed by atoms with Gasteiger partial charge in [-0.2, -0.15) is 0 Å². The molecule has 0 heterocycles. The van der Waals surface area contributed by atoms with Crippen molar-refractivity contribution in [2.24, 2.45) is 11.3 Å². The molecule has 0 spiro atoms. The molecule has 0 bridgehead atoms. The van der Waals surface area contributed by atoms with Gasteiger partial charge in [-0.05, 0) is 36.2 Å². The second-order valence-electron chi connectivity index (χ2n) is 4.85. The van der Waals surface area contributed by atoms with Crippen molar-refractivity contribution in [1.82, 2.24) is 0 Å². The number of hydrogen-bond acceptors (Lipinski definition) is 1. The molecule has 0 aromatic heterocycles. The highest BCUT2D eigenvalue weighted by Gasteiger charge is 2.36. The summed E-state index contributed by atoms with van der Waals surface area (Å²) in [6.45, 7) is 4.53. The minimum atomic E-state index is -0.178. The van der Waals surface area contributed by atoms with E-state index in [0.717, 1.165) is 6.42 Å². The van der Waals surface area contributed by atoms with E-state index in [9.17, 15) is 5.11 Å². The van der Waals surface area contributed by atoms with Crippen molar-refractivity contribution in [3.05, 3.63) is 23.8 Å². The molecule has 72 valence electrons. The first-order valence-corrected chi connectivity index (χ1v) is 5.18. The fourth-order valence-electron chi connectivity index (χ4n) is 2.63. The number of hydrogen-bond donors (Lipinski definition) is 1. The maximum atomic E-state index is 9.83. The molecular weight excluding hydrogens is 160 g/mol. The van der Waals surface area contributed by atoms with Gasteiger partial charge in [0.25, 0.3) is 0 Å². The van der Waals surface area contributed by atoms with E-state index in [0.29, 0.717) is 5.92 Å². The standard InChI is InChI=1S/C12H18O/c1-12(2)8-4-5-9-10(12)6-3-7-11(9)13/h4-5,8,10-11,13H,3,6-7H2,1-2H3. The van der Waals surface area contributed by atoms with Crippen molar-refractivity contribution in [2.45, 2.75) is 39.2 Å². The van der Waals surface area contributed by atoms with Gasteiger partial charge < -0.3 is 5.11 Å². The van der Waals surface area contributed by atoms with Crippen LogP contribution in [0.1, 0.15) is 33.1 Å². The zero-order valence-electron chi connectivity index (χ0n) is 8.46. The van der Waals surface area contributed by atoms with Crippen LogP contribution >= 0.6 is 0 Å². The second-order valence-corrected chi connectivity index (χ2v) is 4.85. The first-order valence-electron chi connectivity index (χ1n) is 5.18. The molecule has 1 fully saturated rings. The average molecular weight is 178 g/mol. The monoisotopic (exact) mass is 178 g/mol. The molecule has 1 saturated carbocycles. The normalized spacial score (nSPS) is 36.7. The third-order valence-corrected chi connectivity index (χ3v) is 3.47. The van der Waals surface area contributed by atoms with E-state index in [4.69, 9.17) is 0 Å². The molecule has 2 rings (SSSR count). The van der Waals surface area contributed by atoms with Crippen LogP contribution in [0.3, 0.4) is 0 Å². The van der Waals surface area contributed by atoms with Crippen LogP contribution in [0, 0.1) is 11.3 Å². The Balaban J connectivity index is 2.31. The first kappa shape index (κ1) is 9.01. The molecule has 2 atom stereocenters. The predicted molar refractivity (Wildman–Crippen MR) is 54.4 cm³/mol. The van der Waals surface area contributed by atoms with Gasteiger partial charge in [0, 0.05) is 0 Å². The maximum absolute atomic E-state index is 9.83. The molecule has 1 N–H and O–H groups in total. The molecule has 0 amide bonds. The Labute approximate surface area is 80.2 Å². The van der Waals surface area contributed by atoms with Gasteiger partial charge in [0.2, 0.25) is 0 Å². The summed E-state index contributed by atoms with van der Waals surface area (Å²) in [4.78, 5) is 0. The van der Waals surface area contributed by atoms with E-state index in [2.05, 4.69) is 32.1 Å². The largest absolute Gasteiger partial charge is 0.389 e. The molecule has 0 aromatic rings. The zero-order valence-corrected chi connectivity index (χ0v) is 8.46. The molecule has 2 aliphatic rings. The number of aliphatic hydroxyl groups excluding tert-OH is 1. The summed E-state index contributed by atoms with van der Waals surface area (Å²) < 4.78 is 0. The molecule has 0 aliphatic heterocycles. The van der Waals surface area contributed by atoms with Crippen LogP contribution in [0.5, 0.6) is 0 Å². The van der Waals surface area contributed by atoms with Crippen molar-refractivity contribution in [3.63, 3.8) is 0 Å². The SMILES string of the molecule is CC1(C)C=CC=C2C(O)CCCC21. The molecule has 2 unspecified atom stereocenters. The lowest BCUT2D eigenvalue weighted by atomic mass is 9.65. The van der Waals surface area contributed by atoms with E-state index < -0.39 is 0 Å². The summed E-state index contributed by atoms with van der Waals surface area (Å²) in [5.74, 6) is 0.571. The summed E-state index contributed by atoms with van der Waals surface area (Å²) in [6, 6.07) is 0. The van der Waals surface area contributed by atoms with E-state index in [1.165, 1.54) is 18.4 Å². The topological polar surface area (TPSA) is 20.2 Å². The van der Waals surface area contributed by atoms with Gasteiger partial charge in [-0.1, -0.05) is 32.1 Å². The van der Waals surface area contributed by atoms with Crippen LogP contribution < -0.4 is 0 Å². The Morgan fingerprint density at radius 1 is 1.38 bits per heavy atom. The van der Waals surface area contributed by atoms with Gasteiger partial charge in [-0.15, -0.1) is 0 Å². The van der Waals surface area contributed by atoms with E-state index in [1.807, 2.05) is 0 Å². The summed E-state index contributed by atoms with van der Waals surface area (Å²) in [5, 5.41) is 9.83. The van der Waals surface area contributed by atoms with Gasteiger partial charge in [0.15, 0.2) is 0 Å². The lowest BCUT2D eigenvalue weighted by Gasteiger charge is -2.41. The molecule has 1 nitrogen and oxygen atoms in total. The Kier molecular flexibility index (Phi) is 2.07. The molecule has 0 aromatic carbocycles. The lowest BCUT2D eigenvalue weighted by Crippen LogP contribution is -2.34. The summed E-state index contributed by atoms with van der Waals surface area (Å²) in [5.41, 5.74) is 1.50. The highest BCUT2D eigenvalue weighted by atomic mass is 16.3. The lowest BCUT2D eigenvalue weighted by molar-refractivity contribution is 0.129. The Morgan fingerprint density at radius 2 is 2.15 bits per heavy atom. The van der Waals surface area contributed by atoms with Gasteiger partial charge in [-0.25, -0.2) is 0 Å². The first-order chi connectivity index (χ1) is 6.11. The second kappa shape index (κ2) is 2.98. The third-order valence-electron chi connectivity index (χ3n) is 3.47. The Hall–Kier alpha value is -0.560. The van der Waals surface area contributed by atoms with Crippen molar-refractivity contribution < 1.29 is 5.11 Å². The molecular formula is C12H18O. The highest BCUT2D eigenvalue weighted by Crippen LogP contribution is 2.44. The fourth-order valence-corrected chi connectivity index (χ4v) is 2.63. The predicted octanol–water partition coefficient (Wildman–Crippen LogP) is 2.67. The number of fused-ring (bicyclic) bond motifs is 1. The van der Waals surface area contributed by atoms with Gasteiger partial charge in [0.1, 0.15) is 0 Å². The Bertz CT molecular complexity index is 260. The fraction of sp³-hybridized carbons (Fsp3) is 0.667.